The fourth-order valence-corrected chi connectivity index (χ4v) is 2.96. The summed E-state index contributed by atoms with van der Waals surface area (Å²) in [5.74, 6) is -0.999. The van der Waals surface area contributed by atoms with Crippen LogP contribution in [0.2, 0.25) is 5.02 Å². The number of carbonyl (C=O) groups is 3. The van der Waals surface area contributed by atoms with Crippen LogP contribution < -0.4 is 4.90 Å². The van der Waals surface area contributed by atoms with Gasteiger partial charge in [-0.3, -0.25) is 9.59 Å². The lowest BCUT2D eigenvalue weighted by Crippen LogP contribution is -2.25. The minimum atomic E-state index is -0.530. The van der Waals surface area contributed by atoms with E-state index in [1.54, 1.807) is 0 Å². The van der Waals surface area contributed by atoms with Crippen LogP contribution >= 0.6 is 27.5 Å². The maximum atomic E-state index is 11.7. The summed E-state index contributed by atoms with van der Waals surface area (Å²) in [5, 5.41) is 0.206. The van der Waals surface area contributed by atoms with E-state index >= 15 is 0 Å². The van der Waals surface area contributed by atoms with Gasteiger partial charge in [0, 0.05) is 4.47 Å². The van der Waals surface area contributed by atoms with Crippen molar-refractivity contribution in [3.05, 3.63) is 27.2 Å². The van der Waals surface area contributed by atoms with Crippen LogP contribution in [0.5, 0.6) is 0 Å². The second-order valence-corrected chi connectivity index (χ2v) is 5.24. The summed E-state index contributed by atoms with van der Waals surface area (Å²) in [6, 6.07) is 2.91. The molecular weight excluding hydrogens is 337 g/mol. The molecule has 1 aliphatic heterocycles. The SMILES string of the molecule is COC(=O)c1cc(Cl)c(N2CC(=O)CC2=O)c(Br)c1. The van der Waals surface area contributed by atoms with Crippen molar-refractivity contribution < 1.29 is 19.1 Å². The Bertz CT molecular complexity index is 564. The molecule has 1 aromatic rings. The molecule has 0 unspecified atom stereocenters. The van der Waals surface area contributed by atoms with Crippen molar-refractivity contribution in [3.8, 4) is 0 Å². The molecule has 0 radical (unpaired) electrons. The van der Waals surface area contributed by atoms with Gasteiger partial charge in [0.25, 0.3) is 0 Å². The van der Waals surface area contributed by atoms with Gasteiger partial charge in [0.2, 0.25) is 5.91 Å². The molecule has 0 atom stereocenters. The fraction of sp³-hybridized carbons (Fsp3) is 0.250. The van der Waals surface area contributed by atoms with Crippen LogP contribution in [0.3, 0.4) is 0 Å². The fourth-order valence-electron chi connectivity index (χ4n) is 1.85. The number of rotatable bonds is 2. The van der Waals surface area contributed by atoms with E-state index < -0.39 is 5.97 Å². The molecule has 5 nitrogen and oxygen atoms in total. The number of hydrogen-bond donors (Lipinski definition) is 0. The van der Waals surface area contributed by atoms with Gasteiger partial charge in [0.05, 0.1) is 36.3 Å². The molecule has 1 fully saturated rings. The van der Waals surface area contributed by atoms with E-state index in [-0.39, 0.29) is 35.2 Å². The van der Waals surface area contributed by atoms with Gasteiger partial charge in [-0.1, -0.05) is 11.6 Å². The summed E-state index contributed by atoms with van der Waals surface area (Å²) in [5.41, 5.74) is 0.659. The molecule has 7 heteroatoms. The summed E-state index contributed by atoms with van der Waals surface area (Å²) >= 11 is 9.34. The maximum Gasteiger partial charge on any atom is 0.337 e. The Kier molecular flexibility index (Phi) is 3.91. The number of methoxy groups -OCH3 is 1. The normalized spacial score (nSPS) is 15.0. The topological polar surface area (TPSA) is 63.7 Å². The number of anilines is 1. The molecular formula is C12H9BrClNO4. The number of esters is 1. The van der Waals surface area contributed by atoms with Gasteiger partial charge in [-0.05, 0) is 28.1 Å². The Hall–Kier alpha value is -1.40. The third-order valence-electron chi connectivity index (χ3n) is 2.69. The highest BCUT2D eigenvalue weighted by Gasteiger charge is 2.31. The zero-order valence-corrected chi connectivity index (χ0v) is 12.2. The highest BCUT2D eigenvalue weighted by Crippen LogP contribution is 2.37. The van der Waals surface area contributed by atoms with Crippen molar-refractivity contribution in [1.29, 1.82) is 0 Å². The molecule has 1 amide bonds. The van der Waals surface area contributed by atoms with E-state index in [1.165, 1.54) is 24.1 Å². The number of Topliss-reactive ketones (excluding diaryl/α,β-unsaturated/α-hetero) is 1. The molecule has 1 aliphatic rings. The number of hydrogen-bond acceptors (Lipinski definition) is 4. The van der Waals surface area contributed by atoms with E-state index in [2.05, 4.69) is 20.7 Å². The molecule has 0 aromatic heterocycles. The van der Waals surface area contributed by atoms with E-state index in [4.69, 9.17) is 11.6 Å². The molecule has 0 spiro atoms. The quantitative estimate of drug-likeness (QED) is 0.608. The van der Waals surface area contributed by atoms with Crippen LogP contribution in [0, 0.1) is 0 Å². The van der Waals surface area contributed by atoms with Crippen molar-refractivity contribution in [1.82, 2.24) is 0 Å². The van der Waals surface area contributed by atoms with Gasteiger partial charge in [0.1, 0.15) is 0 Å². The molecule has 0 aliphatic carbocycles. The second-order valence-electron chi connectivity index (χ2n) is 3.98. The Balaban J connectivity index is 2.45. The minimum absolute atomic E-state index is 0.00523. The molecule has 1 heterocycles. The molecule has 100 valence electrons. The van der Waals surface area contributed by atoms with E-state index in [9.17, 15) is 14.4 Å². The summed E-state index contributed by atoms with van der Waals surface area (Å²) in [6.07, 6.45) is -0.123. The molecule has 0 N–H and O–H groups in total. The van der Waals surface area contributed by atoms with Crippen LogP contribution in [-0.2, 0) is 14.3 Å². The molecule has 19 heavy (non-hydrogen) atoms. The van der Waals surface area contributed by atoms with Gasteiger partial charge in [0.15, 0.2) is 5.78 Å². The zero-order valence-electron chi connectivity index (χ0n) is 9.91. The number of nitrogens with zero attached hydrogens (tertiary/aromatic N) is 1. The Morgan fingerprint density at radius 1 is 1.42 bits per heavy atom. The summed E-state index contributed by atoms with van der Waals surface area (Å²) in [4.78, 5) is 35.7. The van der Waals surface area contributed by atoms with Crippen LogP contribution in [0.25, 0.3) is 0 Å². The minimum Gasteiger partial charge on any atom is -0.465 e. The molecule has 0 saturated carbocycles. The number of carbonyl (C=O) groups excluding carboxylic acids is 3. The number of ketones is 1. The van der Waals surface area contributed by atoms with Crippen molar-refractivity contribution in [2.24, 2.45) is 0 Å². The highest BCUT2D eigenvalue weighted by atomic mass is 79.9. The number of benzene rings is 1. The Morgan fingerprint density at radius 2 is 2.11 bits per heavy atom. The van der Waals surface area contributed by atoms with Gasteiger partial charge in [-0.15, -0.1) is 0 Å². The second kappa shape index (κ2) is 5.30. The third kappa shape index (κ3) is 2.64. The van der Waals surface area contributed by atoms with Crippen molar-refractivity contribution >= 4 is 50.9 Å². The van der Waals surface area contributed by atoms with Crippen LogP contribution in [0.1, 0.15) is 16.8 Å². The Morgan fingerprint density at radius 3 is 2.58 bits per heavy atom. The first kappa shape index (κ1) is 14.0. The average molecular weight is 347 g/mol. The standard InChI is InChI=1S/C12H9BrClNO4/c1-19-12(18)6-2-8(13)11(9(14)3-6)15-5-7(16)4-10(15)17/h2-3H,4-5H2,1H3. The van der Waals surface area contributed by atoms with Gasteiger partial charge < -0.3 is 9.64 Å². The lowest BCUT2D eigenvalue weighted by Gasteiger charge is -2.18. The first-order valence-electron chi connectivity index (χ1n) is 5.33. The number of amides is 1. The summed E-state index contributed by atoms with van der Waals surface area (Å²) < 4.78 is 5.06. The predicted octanol–water partition coefficient (Wildman–Crippen LogP) is 2.19. The predicted molar refractivity (Wildman–Crippen MR) is 72.5 cm³/mol. The van der Waals surface area contributed by atoms with Crippen LogP contribution in [0.4, 0.5) is 5.69 Å². The summed E-state index contributed by atoms with van der Waals surface area (Å²) in [7, 11) is 1.26. The van der Waals surface area contributed by atoms with Crippen LogP contribution in [0.15, 0.2) is 16.6 Å². The van der Waals surface area contributed by atoms with Gasteiger partial charge >= 0.3 is 5.97 Å². The molecule has 1 saturated heterocycles. The third-order valence-corrected chi connectivity index (χ3v) is 3.58. The molecule has 0 bridgehead atoms. The number of halogens is 2. The smallest absolute Gasteiger partial charge is 0.337 e. The van der Waals surface area contributed by atoms with Crippen molar-refractivity contribution in [2.45, 2.75) is 6.42 Å². The van der Waals surface area contributed by atoms with E-state index in [1.807, 2.05) is 0 Å². The lowest BCUT2D eigenvalue weighted by atomic mass is 10.2. The van der Waals surface area contributed by atoms with Crippen molar-refractivity contribution in [2.75, 3.05) is 18.6 Å². The van der Waals surface area contributed by atoms with Crippen LogP contribution in [-0.4, -0.2) is 31.3 Å². The zero-order chi connectivity index (χ0) is 14.2. The highest BCUT2D eigenvalue weighted by molar-refractivity contribution is 9.10. The summed E-state index contributed by atoms with van der Waals surface area (Å²) in [6.45, 7) is -0.00523. The van der Waals surface area contributed by atoms with E-state index in [0.29, 0.717) is 10.2 Å². The Labute approximate surface area is 122 Å². The molecule has 1 aromatic carbocycles. The van der Waals surface area contributed by atoms with Gasteiger partial charge in [-0.25, -0.2) is 4.79 Å². The van der Waals surface area contributed by atoms with Gasteiger partial charge in [-0.2, -0.15) is 0 Å². The van der Waals surface area contributed by atoms with Crippen molar-refractivity contribution in [3.63, 3.8) is 0 Å². The monoisotopic (exact) mass is 345 g/mol. The maximum absolute atomic E-state index is 11.7. The lowest BCUT2D eigenvalue weighted by molar-refractivity contribution is -0.121. The molecule has 2 rings (SSSR count). The largest absolute Gasteiger partial charge is 0.465 e. The van der Waals surface area contributed by atoms with E-state index in [0.717, 1.165) is 0 Å². The first-order valence-corrected chi connectivity index (χ1v) is 6.50. The first-order chi connectivity index (χ1) is 8.93. The number of ether oxygens (including phenoxy) is 1. The average Bonchev–Trinajstić information content (AvgIpc) is 2.66.